The van der Waals surface area contributed by atoms with Crippen molar-refractivity contribution in [2.45, 2.75) is 44.6 Å². The number of nitrogens with two attached hydrogens (primary N) is 1. The predicted molar refractivity (Wildman–Crippen MR) is 120 cm³/mol. The van der Waals surface area contributed by atoms with Gasteiger partial charge in [-0.15, -0.1) is 11.3 Å². The summed E-state index contributed by atoms with van der Waals surface area (Å²) in [4.78, 5) is 30.0. The summed E-state index contributed by atoms with van der Waals surface area (Å²) < 4.78 is 0. The standard InChI is InChI=1S/C22H26N6OS/c23-18(29)13-28-10-7-15(8-11-28)25-21-19-16-5-1-2-6-17(16)30-22(19)27-20(26-21)14-4-3-9-24-12-14/h3-4,9,12,15H,1-2,5-8,10-11,13H2,(H2,23,29)(H,25,26,27). The number of primary amides is 1. The van der Waals surface area contributed by atoms with Crippen molar-refractivity contribution in [3.8, 4) is 11.4 Å². The number of anilines is 1. The van der Waals surface area contributed by atoms with Crippen LogP contribution in [0.5, 0.6) is 0 Å². The number of likely N-dealkylation sites (tertiary alicyclic amines) is 1. The molecular weight excluding hydrogens is 396 g/mol. The van der Waals surface area contributed by atoms with Crippen molar-refractivity contribution in [3.05, 3.63) is 35.0 Å². The minimum atomic E-state index is -0.259. The van der Waals surface area contributed by atoms with E-state index in [0.717, 1.165) is 60.8 Å². The van der Waals surface area contributed by atoms with Crippen LogP contribution >= 0.6 is 11.3 Å². The van der Waals surface area contributed by atoms with E-state index in [9.17, 15) is 4.79 Å². The molecule has 0 bridgehead atoms. The molecule has 3 N–H and O–H groups in total. The Morgan fingerprint density at radius 1 is 1.23 bits per heavy atom. The van der Waals surface area contributed by atoms with Gasteiger partial charge in [0.2, 0.25) is 5.91 Å². The van der Waals surface area contributed by atoms with Gasteiger partial charge < -0.3 is 11.1 Å². The Hall–Kier alpha value is -2.58. The SMILES string of the molecule is NC(=O)CN1CCC(Nc2nc(-c3cccnc3)nc3sc4c(c23)CCCC4)CC1. The van der Waals surface area contributed by atoms with Gasteiger partial charge in [0.1, 0.15) is 10.6 Å². The van der Waals surface area contributed by atoms with Gasteiger partial charge in [-0.2, -0.15) is 0 Å². The van der Waals surface area contributed by atoms with Crippen LogP contribution in [0.25, 0.3) is 21.6 Å². The molecule has 2 aliphatic rings. The molecule has 1 amide bonds. The van der Waals surface area contributed by atoms with E-state index in [1.54, 1.807) is 6.20 Å². The zero-order valence-corrected chi connectivity index (χ0v) is 17.7. The number of hydrogen-bond acceptors (Lipinski definition) is 7. The fourth-order valence-corrected chi connectivity index (χ4v) is 5.80. The Bertz CT molecular complexity index is 1060. The van der Waals surface area contributed by atoms with Crippen LogP contribution < -0.4 is 11.1 Å². The number of piperidine rings is 1. The molecule has 1 aliphatic carbocycles. The number of carbonyl (C=O) groups excluding carboxylic acids is 1. The van der Waals surface area contributed by atoms with Gasteiger partial charge in [0, 0.05) is 42.0 Å². The lowest BCUT2D eigenvalue weighted by atomic mass is 9.96. The molecule has 30 heavy (non-hydrogen) atoms. The van der Waals surface area contributed by atoms with Gasteiger partial charge in [0.05, 0.1) is 11.9 Å². The first-order valence-electron chi connectivity index (χ1n) is 10.7. The minimum absolute atomic E-state index is 0.259. The summed E-state index contributed by atoms with van der Waals surface area (Å²) in [6, 6.07) is 4.26. The number of pyridine rings is 1. The third kappa shape index (κ3) is 3.89. The number of fused-ring (bicyclic) bond motifs is 3. The lowest BCUT2D eigenvalue weighted by Gasteiger charge is -2.32. The van der Waals surface area contributed by atoms with Gasteiger partial charge in [-0.25, -0.2) is 9.97 Å². The average molecular weight is 423 g/mol. The van der Waals surface area contributed by atoms with Crippen molar-refractivity contribution in [2.75, 3.05) is 25.0 Å². The molecule has 1 fully saturated rings. The molecule has 0 radical (unpaired) electrons. The molecule has 3 aromatic heterocycles. The van der Waals surface area contributed by atoms with E-state index in [1.165, 1.54) is 28.7 Å². The van der Waals surface area contributed by atoms with Crippen molar-refractivity contribution >= 4 is 33.3 Å². The van der Waals surface area contributed by atoms with Gasteiger partial charge in [0.25, 0.3) is 0 Å². The number of aryl methyl sites for hydroxylation is 2. The number of nitrogens with one attached hydrogen (secondary N) is 1. The van der Waals surface area contributed by atoms with Crippen LogP contribution in [0.15, 0.2) is 24.5 Å². The Morgan fingerprint density at radius 2 is 2.07 bits per heavy atom. The first-order valence-corrected chi connectivity index (χ1v) is 11.5. The Morgan fingerprint density at radius 3 is 2.83 bits per heavy atom. The lowest BCUT2D eigenvalue weighted by Crippen LogP contribution is -2.43. The van der Waals surface area contributed by atoms with Crippen LogP contribution in [0, 0.1) is 0 Å². The number of carbonyl (C=O) groups is 1. The summed E-state index contributed by atoms with van der Waals surface area (Å²) in [6.07, 6.45) is 10.3. The molecule has 7 nitrogen and oxygen atoms in total. The molecule has 0 aromatic carbocycles. The van der Waals surface area contributed by atoms with Gasteiger partial charge in [0.15, 0.2) is 5.82 Å². The van der Waals surface area contributed by atoms with E-state index in [0.29, 0.717) is 12.6 Å². The number of rotatable bonds is 5. The second kappa shape index (κ2) is 8.28. The number of aromatic nitrogens is 3. The first-order chi connectivity index (χ1) is 14.7. The first kappa shape index (κ1) is 19.4. The molecular formula is C22H26N6OS. The summed E-state index contributed by atoms with van der Waals surface area (Å²) in [5.74, 6) is 1.42. The highest BCUT2D eigenvalue weighted by atomic mass is 32.1. The van der Waals surface area contributed by atoms with Crippen LogP contribution in [0.3, 0.4) is 0 Å². The third-order valence-corrected chi connectivity index (χ3v) is 7.23. The van der Waals surface area contributed by atoms with Crippen LogP contribution in [-0.2, 0) is 17.6 Å². The molecule has 0 atom stereocenters. The van der Waals surface area contributed by atoms with Gasteiger partial charge >= 0.3 is 0 Å². The van der Waals surface area contributed by atoms with Crippen LogP contribution in [-0.4, -0.2) is 51.4 Å². The summed E-state index contributed by atoms with van der Waals surface area (Å²) >= 11 is 1.82. The molecule has 1 saturated heterocycles. The molecule has 5 rings (SSSR count). The van der Waals surface area contributed by atoms with E-state index >= 15 is 0 Å². The number of hydrogen-bond donors (Lipinski definition) is 2. The normalized spacial score (nSPS) is 17.7. The Balaban J connectivity index is 1.48. The second-order valence-electron chi connectivity index (χ2n) is 8.19. The van der Waals surface area contributed by atoms with Crippen molar-refractivity contribution in [3.63, 3.8) is 0 Å². The molecule has 8 heteroatoms. The molecule has 1 aliphatic heterocycles. The molecule has 0 unspecified atom stereocenters. The van der Waals surface area contributed by atoms with Crippen LogP contribution in [0.2, 0.25) is 0 Å². The quantitative estimate of drug-likeness (QED) is 0.656. The van der Waals surface area contributed by atoms with Crippen molar-refractivity contribution < 1.29 is 4.79 Å². The second-order valence-corrected chi connectivity index (χ2v) is 9.27. The van der Waals surface area contributed by atoms with Crippen molar-refractivity contribution in [1.29, 1.82) is 0 Å². The number of amides is 1. The van der Waals surface area contributed by atoms with Gasteiger partial charge in [-0.05, 0) is 56.2 Å². The van der Waals surface area contributed by atoms with E-state index < -0.39 is 0 Å². The van der Waals surface area contributed by atoms with Crippen molar-refractivity contribution in [1.82, 2.24) is 19.9 Å². The highest BCUT2D eigenvalue weighted by Gasteiger charge is 2.25. The maximum atomic E-state index is 11.2. The topological polar surface area (TPSA) is 97.0 Å². The van der Waals surface area contributed by atoms with Crippen LogP contribution in [0.4, 0.5) is 5.82 Å². The number of thiophene rings is 1. The summed E-state index contributed by atoms with van der Waals surface area (Å²) in [5.41, 5.74) is 7.72. The maximum absolute atomic E-state index is 11.2. The maximum Gasteiger partial charge on any atom is 0.231 e. The third-order valence-electron chi connectivity index (χ3n) is 6.04. The Kier molecular flexibility index (Phi) is 5.35. The average Bonchev–Trinajstić information content (AvgIpc) is 3.14. The summed E-state index contributed by atoms with van der Waals surface area (Å²) in [7, 11) is 0. The zero-order chi connectivity index (χ0) is 20.5. The molecule has 4 heterocycles. The molecule has 0 spiro atoms. The molecule has 156 valence electrons. The highest BCUT2D eigenvalue weighted by molar-refractivity contribution is 7.19. The monoisotopic (exact) mass is 422 g/mol. The lowest BCUT2D eigenvalue weighted by molar-refractivity contribution is -0.119. The Labute approximate surface area is 179 Å². The zero-order valence-electron chi connectivity index (χ0n) is 16.9. The summed E-state index contributed by atoms with van der Waals surface area (Å²) in [5, 5.41) is 4.95. The number of nitrogens with zero attached hydrogens (tertiary/aromatic N) is 4. The van der Waals surface area contributed by atoms with Crippen molar-refractivity contribution in [2.24, 2.45) is 5.73 Å². The fourth-order valence-electron chi connectivity index (χ4n) is 4.54. The van der Waals surface area contributed by atoms with E-state index in [1.807, 2.05) is 29.7 Å². The molecule has 0 saturated carbocycles. The fraction of sp³-hybridized carbons (Fsp3) is 0.455. The van der Waals surface area contributed by atoms with E-state index in [2.05, 4.69) is 15.2 Å². The predicted octanol–water partition coefficient (Wildman–Crippen LogP) is 2.99. The largest absolute Gasteiger partial charge is 0.369 e. The summed E-state index contributed by atoms with van der Waals surface area (Å²) in [6.45, 7) is 2.08. The van der Waals surface area contributed by atoms with Gasteiger partial charge in [-0.3, -0.25) is 14.7 Å². The van der Waals surface area contributed by atoms with E-state index in [-0.39, 0.29) is 5.91 Å². The van der Waals surface area contributed by atoms with Gasteiger partial charge in [-0.1, -0.05) is 0 Å². The molecule has 3 aromatic rings. The smallest absolute Gasteiger partial charge is 0.231 e. The van der Waals surface area contributed by atoms with Crippen LogP contribution in [0.1, 0.15) is 36.1 Å². The van der Waals surface area contributed by atoms with E-state index in [4.69, 9.17) is 15.7 Å². The minimum Gasteiger partial charge on any atom is -0.369 e. The highest BCUT2D eigenvalue weighted by Crippen LogP contribution is 2.40.